The summed E-state index contributed by atoms with van der Waals surface area (Å²) in [5, 5.41) is 7.20. The maximum Gasteiger partial charge on any atom is 0.261 e. The van der Waals surface area contributed by atoms with Crippen molar-refractivity contribution in [2.75, 3.05) is 46.4 Å². The number of aryl methyl sites for hydroxylation is 1. The Labute approximate surface area is 160 Å². The van der Waals surface area contributed by atoms with Crippen LogP contribution in [0.3, 0.4) is 0 Å². The van der Waals surface area contributed by atoms with Crippen LogP contribution in [-0.2, 0) is 11.8 Å². The summed E-state index contributed by atoms with van der Waals surface area (Å²) in [6.45, 7) is 4.48. The number of amides is 2. The third kappa shape index (κ3) is 5.22. The third-order valence-electron chi connectivity index (χ3n) is 5.58. The molecule has 3 rings (SSSR count). The molecule has 1 saturated carbocycles. The van der Waals surface area contributed by atoms with Crippen LogP contribution in [0.15, 0.2) is 6.20 Å². The van der Waals surface area contributed by atoms with Crippen LogP contribution in [0.2, 0.25) is 0 Å². The smallest absolute Gasteiger partial charge is 0.261 e. The molecule has 1 saturated heterocycles. The zero-order valence-electron chi connectivity index (χ0n) is 16.4. The van der Waals surface area contributed by atoms with Crippen molar-refractivity contribution in [3.8, 4) is 5.88 Å². The molecule has 8 heteroatoms. The van der Waals surface area contributed by atoms with Gasteiger partial charge in [-0.1, -0.05) is 12.8 Å². The van der Waals surface area contributed by atoms with Crippen molar-refractivity contribution < 1.29 is 14.3 Å². The number of rotatable bonds is 7. The molecular weight excluding hydrogens is 346 g/mol. The maximum atomic E-state index is 12.7. The molecule has 2 fully saturated rings. The predicted octanol–water partition coefficient (Wildman–Crippen LogP) is 0.883. The summed E-state index contributed by atoms with van der Waals surface area (Å²) >= 11 is 0. The van der Waals surface area contributed by atoms with E-state index in [9.17, 15) is 9.59 Å². The molecule has 2 aliphatic rings. The number of piperazine rings is 1. The van der Waals surface area contributed by atoms with Crippen molar-refractivity contribution in [2.24, 2.45) is 13.0 Å². The topological polar surface area (TPSA) is 79.7 Å². The lowest BCUT2D eigenvalue weighted by molar-refractivity contribution is -0.122. The van der Waals surface area contributed by atoms with Gasteiger partial charge in [0.1, 0.15) is 5.56 Å². The molecule has 150 valence electrons. The van der Waals surface area contributed by atoms with Gasteiger partial charge in [-0.05, 0) is 18.8 Å². The largest absolute Gasteiger partial charge is 0.479 e. The van der Waals surface area contributed by atoms with Crippen LogP contribution >= 0.6 is 0 Å². The number of nitrogens with one attached hydrogen (secondary N) is 1. The Morgan fingerprint density at radius 3 is 2.59 bits per heavy atom. The fraction of sp³-hybridized carbons (Fsp3) is 0.737. The molecule has 0 aromatic carbocycles. The average molecular weight is 377 g/mol. The van der Waals surface area contributed by atoms with E-state index in [0.717, 1.165) is 19.6 Å². The first kappa shape index (κ1) is 19.7. The van der Waals surface area contributed by atoms with Crippen LogP contribution in [0.4, 0.5) is 0 Å². The fourth-order valence-corrected chi connectivity index (χ4v) is 4.01. The molecule has 1 N–H and O–H groups in total. The number of aromatic nitrogens is 2. The second-order valence-corrected chi connectivity index (χ2v) is 7.56. The fourth-order valence-electron chi connectivity index (χ4n) is 4.01. The SMILES string of the molecule is COc1nn(C)cc1C(=O)N1CCN(CCNC(=O)CC2CCCC2)CC1. The molecule has 1 aromatic rings. The van der Waals surface area contributed by atoms with Gasteiger partial charge in [0, 0.05) is 58.9 Å². The number of nitrogens with zero attached hydrogens (tertiary/aromatic N) is 4. The van der Waals surface area contributed by atoms with E-state index >= 15 is 0 Å². The first-order chi connectivity index (χ1) is 13.1. The standard InChI is InChI=1S/C19H31N5O3/c1-22-14-16(18(21-22)27-2)19(26)24-11-9-23(10-12-24)8-7-20-17(25)13-15-5-3-4-6-15/h14-15H,3-13H2,1-2H3,(H,20,25). The Balaban J connectivity index is 1.37. The van der Waals surface area contributed by atoms with E-state index in [2.05, 4.69) is 15.3 Å². The van der Waals surface area contributed by atoms with Gasteiger partial charge in [0.2, 0.25) is 11.8 Å². The number of hydrogen-bond donors (Lipinski definition) is 1. The van der Waals surface area contributed by atoms with Gasteiger partial charge >= 0.3 is 0 Å². The highest BCUT2D eigenvalue weighted by atomic mass is 16.5. The van der Waals surface area contributed by atoms with E-state index in [1.165, 1.54) is 32.8 Å². The maximum absolute atomic E-state index is 12.7. The number of ether oxygens (including phenoxy) is 1. The zero-order valence-corrected chi connectivity index (χ0v) is 16.4. The van der Waals surface area contributed by atoms with Gasteiger partial charge in [0.15, 0.2) is 0 Å². The molecule has 8 nitrogen and oxygen atoms in total. The minimum Gasteiger partial charge on any atom is -0.479 e. The zero-order chi connectivity index (χ0) is 19.2. The lowest BCUT2D eigenvalue weighted by Crippen LogP contribution is -2.50. The van der Waals surface area contributed by atoms with Gasteiger partial charge in [-0.2, -0.15) is 0 Å². The summed E-state index contributed by atoms with van der Waals surface area (Å²) < 4.78 is 6.79. The minimum atomic E-state index is -0.0375. The molecule has 1 aliphatic heterocycles. The van der Waals surface area contributed by atoms with E-state index in [1.54, 1.807) is 17.9 Å². The van der Waals surface area contributed by atoms with E-state index < -0.39 is 0 Å². The minimum absolute atomic E-state index is 0.0375. The second kappa shape index (κ2) is 9.21. The van der Waals surface area contributed by atoms with Crippen LogP contribution in [0.25, 0.3) is 0 Å². The van der Waals surface area contributed by atoms with Gasteiger partial charge in [0.05, 0.1) is 7.11 Å². The molecule has 0 unspecified atom stereocenters. The van der Waals surface area contributed by atoms with Gasteiger partial charge in [-0.15, -0.1) is 5.10 Å². The Morgan fingerprint density at radius 1 is 1.22 bits per heavy atom. The monoisotopic (exact) mass is 377 g/mol. The van der Waals surface area contributed by atoms with Crippen molar-refractivity contribution in [3.05, 3.63) is 11.8 Å². The number of carbonyl (C=O) groups excluding carboxylic acids is 2. The Bertz CT molecular complexity index is 646. The first-order valence-corrected chi connectivity index (χ1v) is 9.92. The normalized spacial score (nSPS) is 18.7. The highest BCUT2D eigenvalue weighted by Gasteiger charge is 2.26. The van der Waals surface area contributed by atoms with E-state index in [-0.39, 0.29) is 11.8 Å². The first-order valence-electron chi connectivity index (χ1n) is 9.92. The highest BCUT2D eigenvalue weighted by Crippen LogP contribution is 2.27. The highest BCUT2D eigenvalue weighted by molar-refractivity contribution is 5.96. The number of carbonyl (C=O) groups is 2. The molecule has 2 amide bonds. The Hall–Kier alpha value is -2.09. The van der Waals surface area contributed by atoms with Gasteiger partial charge in [0.25, 0.3) is 5.91 Å². The quantitative estimate of drug-likeness (QED) is 0.763. The Morgan fingerprint density at radius 2 is 1.93 bits per heavy atom. The summed E-state index contributed by atoms with van der Waals surface area (Å²) in [6.07, 6.45) is 7.32. The average Bonchev–Trinajstić information content (AvgIpc) is 3.31. The van der Waals surface area contributed by atoms with E-state index in [0.29, 0.717) is 43.4 Å². The van der Waals surface area contributed by atoms with Crippen LogP contribution in [0, 0.1) is 5.92 Å². The van der Waals surface area contributed by atoms with Crippen LogP contribution < -0.4 is 10.1 Å². The molecule has 0 spiro atoms. The van der Waals surface area contributed by atoms with Crippen LogP contribution in [-0.4, -0.2) is 77.8 Å². The summed E-state index contributed by atoms with van der Waals surface area (Å²) in [5.41, 5.74) is 0.507. The summed E-state index contributed by atoms with van der Waals surface area (Å²) in [5.74, 6) is 1.10. The Kier molecular flexibility index (Phi) is 6.71. The summed E-state index contributed by atoms with van der Waals surface area (Å²) in [4.78, 5) is 28.8. The lowest BCUT2D eigenvalue weighted by Gasteiger charge is -2.34. The van der Waals surface area contributed by atoms with Gasteiger partial charge in [-0.25, -0.2) is 0 Å². The van der Waals surface area contributed by atoms with Crippen LogP contribution in [0.1, 0.15) is 42.5 Å². The molecule has 0 atom stereocenters. The lowest BCUT2D eigenvalue weighted by atomic mass is 10.0. The van der Waals surface area contributed by atoms with Crippen molar-refractivity contribution in [3.63, 3.8) is 0 Å². The number of methoxy groups -OCH3 is 1. The molecule has 0 radical (unpaired) electrons. The van der Waals surface area contributed by atoms with E-state index in [1.807, 2.05) is 4.90 Å². The molecule has 1 aromatic heterocycles. The molecule has 2 heterocycles. The molecule has 1 aliphatic carbocycles. The van der Waals surface area contributed by atoms with E-state index in [4.69, 9.17) is 4.74 Å². The van der Waals surface area contributed by atoms with Gasteiger partial charge < -0.3 is 15.0 Å². The molecule has 27 heavy (non-hydrogen) atoms. The second-order valence-electron chi connectivity index (χ2n) is 7.56. The molecular formula is C19H31N5O3. The summed E-state index contributed by atoms with van der Waals surface area (Å²) in [7, 11) is 3.30. The van der Waals surface area contributed by atoms with Gasteiger partial charge in [-0.3, -0.25) is 19.2 Å². The summed E-state index contributed by atoms with van der Waals surface area (Å²) in [6, 6.07) is 0. The number of hydrogen-bond acceptors (Lipinski definition) is 5. The van der Waals surface area contributed by atoms with Crippen LogP contribution in [0.5, 0.6) is 5.88 Å². The van der Waals surface area contributed by atoms with Crippen molar-refractivity contribution >= 4 is 11.8 Å². The third-order valence-corrected chi connectivity index (χ3v) is 5.58. The molecule has 0 bridgehead atoms. The van der Waals surface area contributed by atoms with Crippen molar-refractivity contribution in [2.45, 2.75) is 32.1 Å². The predicted molar refractivity (Wildman–Crippen MR) is 102 cm³/mol. The van der Waals surface area contributed by atoms with Crippen molar-refractivity contribution in [1.29, 1.82) is 0 Å². The van der Waals surface area contributed by atoms with Crippen molar-refractivity contribution in [1.82, 2.24) is 24.9 Å².